The summed E-state index contributed by atoms with van der Waals surface area (Å²) in [5.74, 6) is -0.382. The van der Waals surface area contributed by atoms with Gasteiger partial charge < -0.3 is 4.42 Å². The van der Waals surface area contributed by atoms with Crippen molar-refractivity contribution in [3.05, 3.63) is 76.4 Å². The van der Waals surface area contributed by atoms with Gasteiger partial charge in [0.2, 0.25) is 5.78 Å². The monoisotopic (exact) mass is 251 g/mol. The van der Waals surface area contributed by atoms with Crippen LogP contribution < -0.4 is 5.63 Å². The zero-order valence-electron chi connectivity index (χ0n) is 9.87. The molecule has 19 heavy (non-hydrogen) atoms. The highest BCUT2D eigenvalue weighted by atomic mass is 16.4. The van der Waals surface area contributed by atoms with Crippen LogP contribution in [-0.4, -0.2) is 10.8 Å². The lowest BCUT2D eigenvalue weighted by Crippen LogP contribution is -2.14. The lowest BCUT2D eigenvalue weighted by molar-refractivity contribution is 0.103. The van der Waals surface area contributed by atoms with E-state index in [4.69, 9.17) is 4.42 Å². The molecule has 1 aromatic carbocycles. The van der Waals surface area contributed by atoms with Crippen LogP contribution in [-0.2, 0) is 0 Å². The Morgan fingerprint density at radius 1 is 1.11 bits per heavy atom. The molecule has 0 radical (unpaired) electrons. The number of carbonyl (C=O) groups is 1. The Bertz CT molecular complexity index is 806. The maximum Gasteiger partial charge on any atom is 0.347 e. The van der Waals surface area contributed by atoms with E-state index in [-0.39, 0.29) is 11.3 Å². The van der Waals surface area contributed by atoms with E-state index in [1.165, 1.54) is 6.20 Å². The molecule has 0 aliphatic carbocycles. The topological polar surface area (TPSA) is 60.2 Å². The van der Waals surface area contributed by atoms with Crippen LogP contribution in [0, 0.1) is 0 Å². The molecule has 0 amide bonds. The minimum atomic E-state index is -0.632. The van der Waals surface area contributed by atoms with Gasteiger partial charge in [-0.15, -0.1) is 0 Å². The molecular weight excluding hydrogens is 242 g/mol. The first kappa shape index (κ1) is 11.3. The molecule has 4 nitrogen and oxygen atoms in total. The maximum absolute atomic E-state index is 12.2. The first-order chi connectivity index (χ1) is 9.25. The third-order valence-electron chi connectivity index (χ3n) is 2.81. The Morgan fingerprint density at radius 3 is 2.74 bits per heavy atom. The van der Waals surface area contributed by atoms with Crippen LogP contribution in [0.2, 0.25) is 0 Å². The quantitative estimate of drug-likeness (QED) is 0.518. The average molecular weight is 251 g/mol. The second kappa shape index (κ2) is 4.49. The Hall–Kier alpha value is -2.75. The maximum atomic E-state index is 12.2. The Kier molecular flexibility index (Phi) is 2.68. The summed E-state index contributed by atoms with van der Waals surface area (Å²) in [5, 5.41) is 0.717. The lowest BCUT2D eigenvalue weighted by Gasteiger charge is -2.01. The van der Waals surface area contributed by atoms with E-state index in [9.17, 15) is 9.59 Å². The highest BCUT2D eigenvalue weighted by molar-refractivity contribution is 6.09. The van der Waals surface area contributed by atoms with Gasteiger partial charge in [0.05, 0.1) is 0 Å². The summed E-state index contributed by atoms with van der Waals surface area (Å²) in [5.41, 5.74) is 0.222. The molecule has 0 saturated heterocycles. The van der Waals surface area contributed by atoms with Crippen molar-refractivity contribution in [2.24, 2.45) is 0 Å². The first-order valence-electron chi connectivity index (χ1n) is 5.73. The summed E-state index contributed by atoms with van der Waals surface area (Å²) in [7, 11) is 0. The van der Waals surface area contributed by atoms with Crippen molar-refractivity contribution in [1.29, 1.82) is 0 Å². The molecule has 0 saturated carbocycles. The van der Waals surface area contributed by atoms with E-state index in [2.05, 4.69) is 4.98 Å². The van der Waals surface area contributed by atoms with E-state index >= 15 is 0 Å². The normalized spacial score (nSPS) is 10.5. The molecule has 2 heterocycles. The van der Waals surface area contributed by atoms with Gasteiger partial charge in [0.1, 0.15) is 11.1 Å². The van der Waals surface area contributed by atoms with Crippen LogP contribution in [0.5, 0.6) is 0 Å². The summed E-state index contributed by atoms with van der Waals surface area (Å²) in [6.45, 7) is 0. The largest absolute Gasteiger partial charge is 0.422 e. The molecule has 0 spiro atoms. The van der Waals surface area contributed by atoms with E-state index < -0.39 is 5.63 Å². The van der Waals surface area contributed by atoms with Crippen molar-refractivity contribution >= 4 is 16.8 Å². The summed E-state index contributed by atoms with van der Waals surface area (Å²) >= 11 is 0. The second-order valence-electron chi connectivity index (χ2n) is 4.06. The van der Waals surface area contributed by atoms with Gasteiger partial charge in [0, 0.05) is 23.3 Å². The molecule has 0 bridgehead atoms. The molecule has 0 aliphatic rings. The van der Waals surface area contributed by atoms with Crippen LogP contribution in [0.3, 0.4) is 0 Å². The number of para-hydroxylation sites is 1. The molecule has 92 valence electrons. The van der Waals surface area contributed by atoms with Gasteiger partial charge in [0.25, 0.3) is 0 Å². The zero-order chi connectivity index (χ0) is 13.2. The number of rotatable bonds is 2. The molecule has 0 unspecified atom stereocenters. The van der Waals surface area contributed by atoms with Crippen LogP contribution in [0.15, 0.2) is 64.1 Å². The second-order valence-corrected chi connectivity index (χ2v) is 4.06. The van der Waals surface area contributed by atoms with Gasteiger partial charge >= 0.3 is 5.63 Å². The summed E-state index contributed by atoms with van der Waals surface area (Å²) in [4.78, 5) is 27.9. The molecule has 4 heteroatoms. The number of fused-ring (bicyclic) bond motifs is 1. The number of benzene rings is 1. The predicted octanol–water partition coefficient (Wildman–Crippen LogP) is 2.42. The van der Waals surface area contributed by atoms with E-state index in [1.54, 1.807) is 42.6 Å². The van der Waals surface area contributed by atoms with Gasteiger partial charge in [-0.2, -0.15) is 0 Å². The predicted molar refractivity (Wildman–Crippen MR) is 70.2 cm³/mol. The van der Waals surface area contributed by atoms with Crippen molar-refractivity contribution in [1.82, 2.24) is 4.98 Å². The van der Waals surface area contributed by atoms with Crippen molar-refractivity contribution in [3.8, 4) is 0 Å². The Morgan fingerprint density at radius 2 is 1.95 bits per heavy atom. The first-order valence-corrected chi connectivity index (χ1v) is 5.73. The molecule has 0 aliphatic heterocycles. The third-order valence-corrected chi connectivity index (χ3v) is 2.81. The highest BCUT2D eigenvalue weighted by Crippen LogP contribution is 2.14. The molecule has 3 aromatic rings. The molecule has 2 aromatic heterocycles. The molecule has 0 fully saturated rings. The van der Waals surface area contributed by atoms with Crippen molar-refractivity contribution in [2.45, 2.75) is 0 Å². The van der Waals surface area contributed by atoms with Gasteiger partial charge in [0.15, 0.2) is 0 Å². The molecular formula is C15H9NO3. The SMILES string of the molecule is O=C(c1cccnc1)c1cc2ccccc2oc1=O. The average Bonchev–Trinajstić information content (AvgIpc) is 2.47. The number of aromatic nitrogens is 1. The van der Waals surface area contributed by atoms with Crippen LogP contribution in [0.4, 0.5) is 0 Å². The van der Waals surface area contributed by atoms with Crippen molar-refractivity contribution < 1.29 is 9.21 Å². The number of nitrogens with zero attached hydrogens (tertiary/aromatic N) is 1. The zero-order valence-corrected chi connectivity index (χ0v) is 9.87. The minimum Gasteiger partial charge on any atom is -0.422 e. The Balaban J connectivity index is 2.18. The van der Waals surface area contributed by atoms with Crippen LogP contribution in [0.1, 0.15) is 15.9 Å². The third kappa shape index (κ3) is 2.04. The van der Waals surface area contributed by atoms with Gasteiger partial charge in [-0.25, -0.2) is 4.79 Å². The number of ketones is 1. The van der Waals surface area contributed by atoms with Crippen molar-refractivity contribution in [3.63, 3.8) is 0 Å². The van der Waals surface area contributed by atoms with Gasteiger partial charge in [-0.05, 0) is 24.3 Å². The fourth-order valence-electron chi connectivity index (χ4n) is 1.87. The van der Waals surface area contributed by atoms with Crippen LogP contribution >= 0.6 is 0 Å². The van der Waals surface area contributed by atoms with Crippen molar-refractivity contribution in [2.75, 3.05) is 0 Å². The van der Waals surface area contributed by atoms with E-state index in [1.807, 2.05) is 6.07 Å². The number of carbonyl (C=O) groups excluding carboxylic acids is 1. The number of pyridine rings is 1. The van der Waals surface area contributed by atoms with Crippen LogP contribution in [0.25, 0.3) is 11.0 Å². The fraction of sp³-hybridized carbons (Fsp3) is 0. The smallest absolute Gasteiger partial charge is 0.347 e. The van der Waals surface area contributed by atoms with E-state index in [0.29, 0.717) is 16.5 Å². The fourth-order valence-corrected chi connectivity index (χ4v) is 1.87. The van der Waals surface area contributed by atoms with Gasteiger partial charge in [-0.1, -0.05) is 18.2 Å². The summed E-state index contributed by atoms with van der Waals surface area (Å²) < 4.78 is 5.14. The Labute approximate surface area is 108 Å². The van der Waals surface area contributed by atoms with E-state index in [0.717, 1.165) is 0 Å². The lowest BCUT2D eigenvalue weighted by atomic mass is 10.1. The summed E-state index contributed by atoms with van der Waals surface area (Å²) in [6, 6.07) is 11.9. The van der Waals surface area contributed by atoms with Gasteiger partial charge in [-0.3, -0.25) is 9.78 Å². The number of hydrogen-bond donors (Lipinski definition) is 0. The standard InChI is InChI=1S/C15H9NO3/c17-14(11-5-3-7-16-9-11)12-8-10-4-1-2-6-13(10)19-15(12)18/h1-9H. The highest BCUT2D eigenvalue weighted by Gasteiger charge is 2.15. The molecule has 3 rings (SSSR count). The summed E-state index contributed by atoms with van der Waals surface area (Å²) in [6.07, 6.45) is 3.00. The molecule has 0 atom stereocenters. The number of hydrogen-bond acceptors (Lipinski definition) is 4. The minimum absolute atomic E-state index is 0.0201. The molecule has 0 N–H and O–H groups in total.